The summed E-state index contributed by atoms with van der Waals surface area (Å²) < 4.78 is 12.0. The third-order valence-corrected chi connectivity index (χ3v) is 7.43. The van der Waals surface area contributed by atoms with E-state index < -0.39 is 7.14 Å². The van der Waals surface area contributed by atoms with E-state index in [9.17, 15) is 9.67 Å². The summed E-state index contributed by atoms with van der Waals surface area (Å²) in [4.78, 5) is 0. The molecule has 3 rings (SSSR count). The summed E-state index contributed by atoms with van der Waals surface area (Å²) >= 11 is 0. The first kappa shape index (κ1) is 20.2. The van der Waals surface area contributed by atoms with Gasteiger partial charge in [0.15, 0.2) is 0 Å². The van der Waals surface area contributed by atoms with Crippen LogP contribution in [-0.2, 0) is 29.2 Å². The first-order valence-corrected chi connectivity index (χ1v) is 12.7. The highest BCUT2D eigenvalue weighted by Gasteiger charge is 2.34. The Bertz CT molecular complexity index is 895. The van der Waals surface area contributed by atoms with E-state index in [1.165, 1.54) is 33.4 Å². The van der Waals surface area contributed by atoms with Gasteiger partial charge in [0.1, 0.15) is 5.75 Å². The minimum absolute atomic E-state index is 0.0532. The van der Waals surface area contributed by atoms with Crippen LogP contribution < -0.4 is 0 Å². The van der Waals surface area contributed by atoms with Gasteiger partial charge in [-0.25, -0.2) is 0 Å². The molecule has 146 valence electrons. The van der Waals surface area contributed by atoms with Crippen LogP contribution in [0.25, 0.3) is 0 Å². The molecule has 1 aliphatic rings. The summed E-state index contributed by atoms with van der Waals surface area (Å²) in [5.41, 5.74) is 9.19. The molecule has 0 amide bonds. The van der Waals surface area contributed by atoms with Gasteiger partial charge in [-0.3, -0.25) is 0 Å². The Morgan fingerprint density at radius 3 is 2.33 bits per heavy atom. The number of phenolic OH excluding ortho intramolecular Hbond substituents is 1. The molecule has 2 aromatic carbocycles. The van der Waals surface area contributed by atoms with Gasteiger partial charge in [-0.15, -0.1) is 0 Å². The molecule has 0 spiro atoms. The zero-order valence-electron chi connectivity index (χ0n) is 17.6. The van der Waals surface area contributed by atoms with Crippen LogP contribution in [0.15, 0.2) is 24.3 Å². The van der Waals surface area contributed by atoms with Crippen LogP contribution in [0.3, 0.4) is 0 Å². The normalized spacial score (nSPS) is 15.8. The largest absolute Gasteiger partial charge is 0.508 e. The van der Waals surface area contributed by atoms with E-state index in [0.29, 0.717) is 5.75 Å². The summed E-state index contributed by atoms with van der Waals surface area (Å²) in [5, 5.41) is 10.4. The SMILES string of the molecule is Cc1cc(CCP(C)(C)=O)cc(C)c1Cc1ccc(O)c2c1CCC2(C)C. The molecule has 0 radical (unpaired) electrons. The lowest BCUT2D eigenvalue weighted by Gasteiger charge is -2.21. The van der Waals surface area contributed by atoms with E-state index in [2.05, 4.69) is 45.9 Å². The third kappa shape index (κ3) is 4.32. The number of hydrogen-bond donors (Lipinski definition) is 1. The molecular formula is C24H33O2P. The van der Waals surface area contributed by atoms with Crippen LogP contribution in [0.2, 0.25) is 0 Å². The van der Waals surface area contributed by atoms with Crippen molar-refractivity contribution >= 4 is 7.14 Å². The molecule has 0 fully saturated rings. The van der Waals surface area contributed by atoms with E-state index in [4.69, 9.17) is 0 Å². The average molecular weight is 385 g/mol. The van der Waals surface area contributed by atoms with Gasteiger partial charge in [0.2, 0.25) is 0 Å². The van der Waals surface area contributed by atoms with E-state index in [-0.39, 0.29) is 5.41 Å². The summed E-state index contributed by atoms with van der Waals surface area (Å²) in [6.07, 6.45) is 4.71. The highest BCUT2D eigenvalue weighted by Crippen LogP contribution is 2.45. The molecule has 0 saturated carbocycles. The van der Waals surface area contributed by atoms with Gasteiger partial charge in [0.25, 0.3) is 0 Å². The minimum atomic E-state index is -1.98. The van der Waals surface area contributed by atoms with Crippen molar-refractivity contribution in [2.45, 2.75) is 58.8 Å². The first-order chi connectivity index (χ1) is 12.5. The summed E-state index contributed by atoms with van der Waals surface area (Å²) in [6, 6.07) is 8.51. The number of benzene rings is 2. The molecule has 2 aromatic rings. The molecule has 0 aliphatic heterocycles. The van der Waals surface area contributed by atoms with Crippen molar-refractivity contribution in [3.05, 3.63) is 63.2 Å². The van der Waals surface area contributed by atoms with E-state index in [0.717, 1.165) is 37.4 Å². The number of aromatic hydroxyl groups is 1. The Hall–Kier alpha value is -1.53. The lowest BCUT2D eigenvalue weighted by atomic mass is 9.84. The Morgan fingerprint density at radius 2 is 1.74 bits per heavy atom. The summed E-state index contributed by atoms with van der Waals surface area (Å²) in [6.45, 7) is 12.6. The zero-order valence-corrected chi connectivity index (χ0v) is 18.5. The fraction of sp³-hybridized carbons (Fsp3) is 0.500. The quantitative estimate of drug-likeness (QED) is 0.643. The zero-order chi connectivity index (χ0) is 20.0. The Labute approximate surface area is 164 Å². The van der Waals surface area contributed by atoms with Crippen molar-refractivity contribution < 1.29 is 9.67 Å². The highest BCUT2D eigenvalue weighted by atomic mass is 31.2. The van der Waals surface area contributed by atoms with E-state index in [1.807, 2.05) is 19.4 Å². The summed E-state index contributed by atoms with van der Waals surface area (Å²) in [7, 11) is -1.98. The van der Waals surface area contributed by atoms with Gasteiger partial charge >= 0.3 is 0 Å². The molecular weight excluding hydrogens is 351 g/mol. The van der Waals surface area contributed by atoms with Gasteiger partial charge in [-0.05, 0) is 97.7 Å². The van der Waals surface area contributed by atoms with Crippen LogP contribution in [-0.4, -0.2) is 24.6 Å². The Balaban J connectivity index is 1.92. The maximum atomic E-state index is 12.0. The average Bonchev–Trinajstić information content (AvgIpc) is 2.87. The first-order valence-electron chi connectivity index (χ1n) is 9.95. The van der Waals surface area contributed by atoms with Gasteiger partial charge in [-0.1, -0.05) is 32.0 Å². The fourth-order valence-electron chi connectivity index (χ4n) is 4.54. The fourth-order valence-corrected chi connectivity index (χ4v) is 5.34. The van der Waals surface area contributed by atoms with Gasteiger partial charge in [-0.2, -0.15) is 0 Å². The molecule has 27 heavy (non-hydrogen) atoms. The molecule has 0 bridgehead atoms. The number of aryl methyl sites for hydroxylation is 3. The number of fused-ring (bicyclic) bond motifs is 1. The van der Waals surface area contributed by atoms with Gasteiger partial charge in [0.05, 0.1) is 7.14 Å². The number of rotatable bonds is 5. The Kier molecular flexibility index (Phi) is 5.34. The molecule has 0 atom stereocenters. The second-order valence-corrected chi connectivity index (χ2v) is 13.0. The molecule has 1 N–H and O–H groups in total. The van der Waals surface area contributed by atoms with Crippen molar-refractivity contribution in [3.8, 4) is 5.75 Å². The van der Waals surface area contributed by atoms with Crippen molar-refractivity contribution in [3.63, 3.8) is 0 Å². The molecule has 2 nitrogen and oxygen atoms in total. The number of hydrogen-bond acceptors (Lipinski definition) is 2. The van der Waals surface area contributed by atoms with Gasteiger partial charge < -0.3 is 9.67 Å². The maximum absolute atomic E-state index is 12.0. The van der Waals surface area contributed by atoms with Crippen LogP contribution in [0.4, 0.5) is 0 Å². The second kappa shape index (κ2) is 7.13. The second-order valence-electron chi connectivity index (χ2n) is 9.41. The van der Waals surface area contributed by atoms with Gasteiger partial charge in [0, 0.05) is 11.7 Å². The van der Waals surface area contributed by atoms with E-state index in [1.54, 1.807) is 0 Å². The molecule has 0 saturated heterocycles. The van der Waals surface area contributed by atoms with E-state index >= 15 is 0 Å². The summed E-state index contributed by atoms with van der Waals surface area (Å²) in [5.74, 6) is 0.448. The molecule has 1 aliphatic carbocycles. The lowest BCUT2D eigenvalue weighted by Crippen LogP contribution is -2.12. The smallest absolute Gasteiger partial charge is 0.119 e. The van der Waals surface area contributed by atoms with Crippen molar-refractivity contribution in [1.82, 2.24) is 0 Å². The predicted molar refractivity (Wildman–Crippen MR) is 116 cm³/mol. The third-order valence-electron chi connectivity index (χ3n) is 6.13. The van der Waals surface area contributed by atoms with Crippen LogP contribution in [0.5, 0.6) is 5.75 Å². The predicted octanol–water partition coefficient (Wildman–Crippen LogP) is 5.99. The molecule has 0 heterocycles. The lowest BCUT2D eigenvalue weighted by molar-refractivity contribution is 0.439. The molecule has 0 aromatic heterocycles. The number of phenols is 1. The monoisotopic (exact) mass is 384 g/mol. The maximum Gasteiger partial charge on any atom is 0.119 e. The van der Waals surface area contributed by atoms with Crippen LogP contribution in [0.1, 0.15) is 59.2 Å². The van der Waals surface area contributed by atoms with Crippen LogP contribution in [0, 0.1) is 13.8 Å². The van der Waals surface area contributed by atoms with Crippen LogP contribution >= 0.6 is 7.14 Å². The molecule has 0 unspecified atom stereocenters. The van der Waals surface area contributed by atoms with Crippen molar-refractivity contribution in [1.29, 1.82) is 0 Å². The highest BCUT2D eigenvalue weighted by molar-refractivity contribution is 7.62. The Morgan fingerprint density at radius 1 is 1.11 bits per heavy atom. The van der Waals surface area contributed by atoms with Crippen molar-refractivity contribution in [2.75, 3.05) is 19.5 Å². The standard InChI is InChI=1S/C24H33O2P/c1-16-13-18(10-12-27(5,6)26)14-17(2)21(16)15-19-7-8-22(25)23-20(19)9-11-24(23,3)4/h7-8,13-14,25H,9-12,15H2,1-6H3. The van der Waals surface area contributed by atoms with Crippen molar-refractivity contribution in [2.24, 2.45) is 0 Å². The molecule has 3 heteroatoms. The topological polar surface area (TPSA) is 37.3 Å². The minimum Gasteiger partial charge on any atom is -0.508 e.